The molecule has 1 aromatic heterocycles. The topological polar surface area (TPSA) is 91.4 Å². The van der Waals surface area contributed by atoms with Gasteiger partial charge in [-0.2, -0.15) is 0 Å². The number of amides is 3. The van der Waals surface area contributed by atoms with Gasteiger partial charge in [-0.15, -0.1) is 0 Å². The molecule has 134 valence electrons. The molecule has 3 rings (SSSR count). The fourth-order valence-corrected chi connectivity index (χ4v) is 2.82. The molecule has 0 saturated carbocycles. The summed E-state index contributed by atoms with van der Waals surface area (Å²) in [4.78, 5) is 42.4. The van der Waals surface area contributed by atoms with E-state index in [1.807, 2.05) is 30.3 Å². The molecule has 2 N–H and O–H groups in total. The Morgan fingerprint density at radius 1 is 1.19 bits per heavy atom. The lowest BCUT2D eigenvalue weighted by atomic mass is 10.1. The zero-order valence-corrected chi connectivity index (χ0v) is 14.4. The van der Waals surface area contributed by atoms with Crippen LogP contribution in [0.1, 0.15) is 13.3 Å². The van der Waals surface area contributed by atoms with E-state index in [4.69, 9.17) is 0 Å². The SMILES string of the molecule is C[C@@H](NC(=O)C1CC(=O)N(c2ccccc2)C1)C(=O)Nc1cccnc1. The summed E-state index contributed by atoms with van der Waals surface area (Å²) in [6.45, 7) is 1.92. The highest BCUT2D eigenvalue weighted by molar-refractivity contribution is 6.02. The minimum absolute atomic E-state index is 0.0937. The number of hydrogen-bond acceptors (Lipinski definition) is 4. The maximum atomic E-state index is 12.5. The predicted molar refractivity (Wildman–Crippen MR) is 97.4 cm³/mol. The Balaban J connectivity index is 1.56. The first-order chi connectivity index (χ1) is 12.5. The van der Waals surface area contributed by atoms with Gasteiger partial charge in [-0.1, -0.05) is 18.2 Å². The summed E-state index contributed by atoms with van der Waals surface area (Å²) in [6.07, 6.45) is 3.27. The van der Waals surface area contributed by atoms with Crippen LogP contribution in [0.5, 0.6) is 0 Å². The fourth-order valence-electron chi connectivity index (χ4n) is 2.82. The summed E-state index contributed by atoms with van der Waals surface area (Å²) in [7, 11) is 0. The van der Waals surface area contributed by atoms with Crippen LogP contribution in [0.2, 0.25) is 0 Å². The van der Waals surface area contributed by atoms with E-state index < -0.39 is 12.0 Å². The number of nitrogens with one attached hydrogen (secondary N) is 2. The summed E-state index contributed by atoms with van der Waals surface area (Å²) >= 11 is 0. The number of carbonyl (C=O) groups excluding carboxylic acids is 3. The van der Waals surface area contributed by atoms with Crippen LogP contribution < -0.4 is 15.5 Å². The number of pyridine rings is 1. The Morgan fingerprint density at radius 2 is 1.96 bits per heavy atom. The molecule has 2 aromatic rings. The third-order valence-corrected chi connectivity index (χ3v) is 4.24. The first-order valence-corrected chi connectivity index (χ1v) is 8.41. The average molecular weight is 352 g/mol. The molecule has 0 radical (unpaired) electrons. The first-order valence-electron chi connectivity index (χ1n) is 8.41. The third kappa shape index (κ3) is 4.05. The van der Waals surface area contributed by atoms with Crippen molar-refractivity contribution in [2.75, 3.05) is 16.8 Å². The Labute approximate surface area is 151 Å². The summed E-state index contributed by atoms with van der Waals surface area (Å²) < 4.78 is 0. The summed E-state index contributed by atoms with van der Waals surface area (Å²) in [5, 5.41) is 5.37. The molecule has 7 heteroatoms. The standard InChI is InChI=1S/C19H20N4O3/c1-13(18(25)22-15-6-5-9-20-11-15)21-19(26)14-10-17(24)23(12-14)16-7-3-2-4-8-16/h2-9,11,13-14H,10,12H2,1H3,(H,21,26)(H,22,25)/t13-,14?/m1/s1. The van der Waals surface area contributed by atoms with Gasteiger partial charge >= 0.3 is 0 Å². The van der Waals surface area contributed by atoms with Crippen molar-refractivity contribution in [2.45, 2.75) is 19.4 Å². The highest BCUT2D eigenvalue weighted by Gasteiger charge is 2.35. The van der Waals surface area contributed by atoms with E-state index in [9.17, 15) is 14.4 Å². The van der Waals surface area contributed by atoms with Crippen molar-refractivity contribution in [1.29, 1.82) is 0 Å². The van der Waals surface area contributed by atoms with E-state index in [0.29, 0.717) is 12.2 Å². The number of rotatable bonds is 5. The largest absolute Gasteiger partial charge is 0.344 e. The van der Waals surface area contributed by atoms with Crippen molar-refractivity contribution in [2.24, 2.45) is 5.92 Å². The molecule has 1 fully saturated rings. The van der Waals surface area contributed by atoms with Gasteiger partial charge in [0.2, 0.25) is 17.7 Å². The molecular weight excluding hydrogens is 332 g/mol. The third-order valence-electron chi connectivity index (χ3n) is 4.24. The second kappa shape index (κ2) is 7.77. The van der Waals surface area contributed by atoms with Gasteiger partial charge in [0.1, 0.15) is 6.04 Å². The zero-order chi connectivity index (χ0) is 18.5. The molecule has 0 aliphatic carbocycles. The van der Waals surface area contributed by atoms with Crippen molar-refractivity contribution in [3.05, 3.63) is 54.9 Å². The van der Waals surface area contributed by atoms with Gasteiger partial charge in [-0.05, 0) is 31.2 Å². The average Bonchev–Trinajstić information content (AvgIpc) is 3.05. The Kier molecular flexibility index (Phi) is 5.26. The molecule has 3 amide bonds. The highest BCUT2D eigenvalue weighted by atomic mass is 16.2. The van der Waals surface area contributed by atoms with Gasteiger partial charge in [-0.25, -0.2) is 0 Å². The quantitative estimate of drug-likeness (QED) is 0.855. The minimum Gasteiger partial charge on any atom is -0.344 e. The smallest absolute Gasteiger partial charge is 0.246 e. The second-order valence-electron chi connectivity index (χ2n) is 6.20. The van der Waals surface area contributed by atoms with Crippen LogP contribution in [-0.2, 0) is 14.4 Å². The normalized spacial score (nSPS) is 17.7. The number of nitrogens with zero attached hydrogens (tertiary/aromatic N) is 2. The van der Waals surface area contributed by atoms with Crippen molar-refractivity contribution >= 4 is 29.1 Å². The van der Waals surface area contributed by atoms with Crippen molar-refractivity contribution in [3.63, 3.8) is 0 Å². The van der Waals surface area contributed by atoms with Crippen LogP contribution >= 0.6 is 0 Å². The lowest BCUT2D eigenvalue weighted by Crippen LogP contribution is -2.44. The molecule has 2 atom stereocenters. The number of carbonyl (C=O) groups is 3. The molecule has 1 aromatic carbocycles. The van der Waals surface area contributed by atoms with Crippen LogP contribution in [0.25, 0.3) is 0 Å². The van der Waals surface area contributed by atoms with Crippen molar-refractivity contribution < 1.29 is 14.4 Å². The van der Waals surface area contributed by atoms with Crippen molar-refractivity contribution in [3.8, 4) is 0 Å². The molecule has 0 bridgehead atoms. The number of aromatic nitrogens is 1. The van der Waals surface area contributed by atoms with Gasteiger partial charge < -0.3 is 15.5 Å². The summed E-state index contributed by atoms with van der Waals surface area (Å²) in [6, 6.07) is 11.9. The fraction of sp³-hybridized carbons (Fsp3) is 0.263. The summed E-state index contributed by atoms with van der Waals surface area (Å²) in [5.74, 6) is -1.21. The van der Waals surface area contributed by atoms with E-state index in [1.165, 1.54) is 6.20 Å². The van der Waals surface area contributed by atoms with E-state index in [2.05, 4.69) is 15.6 Å². The number of para-hydroxylation sites is 1. The zero-order valence-electron chi connectivity index (χ0n) is 14.4. The van der Waals surface area contributed by atoms with E-state index >= 15 is 0 Å². The van der Waals surface area contributed by atoms with Crippen LogP contribution in [0.15, 0.2) is 54.9 Å². The van der Waals surface area contributed by atoms with Gasteiger partial charge in [0.25, 0.3) is 0 Å². The molecule has 0 spiro atoms. The number of anilines is 2. The van der Waals surface area contributed by atoms with Gasteiger partial charge in [0.15, 0.2) is 0 Å². The first kappa shape index (κ1) is 17.6. The maximum absolute atomic E-state index is 12.5. The van der Waals surface area contributed by atoms with Crippen molar-refractivity contribution in [1.82, 2.24) is 10.3 Å². The molecule has 1 aliphatic heterocycles. The molecular formula is C19H20N4O3. The minimum atomic E-state index is -0.719. The van der Waals surface area contributed by atoms with Gasteiger partial charge in [0.05, 0.1) is 17.8 Å². The predicted octanol–water partition coefficient (Wildman–Crippen LogP) is 1.58. The molecule has 26 heavy (non-hydrogen) atoms. The lowest BCUT2D eigenvalue weighted by Gasteiger charge is -2.18. The van der Waals surface area contributed by atoms with Crippen LogP contribution in [0.3, 0.4) is 0 Å². The second-order valence-corrected chi connectivity index (χ2v) is 6.20. The molecule has 7 nitrogen and oxygen atoms in total. The monoisotopic (exact) mass is 352 g/mol. The van der Waals surface area contributed by atoms with Crippen LogP contribution in [0.4, 0.5) is 11.4 Å². The molecule has 1 unspecified atom stereocenters. The van der Waals surface area contributed by atoms with Gasteiger partial charge in [-0.3, -0.25) is 19.4 Å². The number of hydrogen-bond donors (Lipinski definition) is 2. The van der Waals surface area contributed by atoms with E-state index in [-0.39, 0.29) is 24.1 Å². The Bertz CT molecular complexity index is 795. The molecule has 2 heterocycles. The van der Waals surface area contributed by atoms with Crippen LogP contribution in [0, 0.1) is 5.92 Å². The van der Waals surface area contributed by atoms with E-state index in [1.54, 1.807) is 30.2 Å². The van der Waals surface area contributed by atoms with Crippen LogP contribution in [-0.4, -0.2) is 35.3 Å². The Morgan fingerprint density at radius 3 is 2.65 bits per heavy atom. The molecule has 1 aliphatic rings. The maximum Gasteiger partial charge on any atom is 0.246 e. The van der Waals surface area contributed by atoms with E-state index in [0.717, 1.165) is 5.69 Å². The summed E-state index contributed by atoms with van der Waals surface area (Å²) in [5.41, 5.74) is 1.33. The number of benzene rings is 1. The highest BCUT2D eigenvalue weighted by Crippen LogP contribution is 2.24. The Hall–Kier alpha value is -3.22. The van der Waals surface area contributed by atoms with Gasteiger partial charge in [0, 0.05) is 24.8 Å². The molecule has 1 saturated heterocycles. The lowest BCUT2D eigenvalue weighted by molar-refractivity contribution is -0.129.